The van der Waals surface area contributed by atoms with Crippen molar-refractivity contribution in [2.24, 2.45) is 0 Å². The normalized spacial score (nSPS) is 12.3. The number of hydrogen-bond acceptors (Lipinski definition) is 4. The fourth-order valence-electron chi connectivity index (χ4n) is 0.876. The molecular weight excluding hydrogens is 206 g/mol. The summed E-state index contributed by atoms with van der Waals surface area (Å²) in [4.78, 5) is 8.39. The number of aryl methyl sites for hydroxylation is 1. The van der Waals surface area contributed by atoms with Crippen molar-refractivity contribution in [3.63, 3.8) is 0 Å². The standard InChI is InChI=1S/C7H13N3O3S/c1-4-10-5-7(8-6-10)14(11,12)9(2)13-3/h5-6H,4H2,1-3H3. The summed E-state index contributed by atoms with van der Waals surface area (Å²) in [6.45, 7) is 2.58. The van der Waals surface area contributed by atoms with Crippen molar-refractivity contribution in [2.75, 3.05) is 14.2 Å². The van der Waals surface area contributed by atoms with Gasteiger partial charge < -0.3 is 4.57 Å². The average Bonchev–Trinajstić information content (AvgIpc) is 2.65. The number of hydroxylamine groups is 1. The highest BCUT2D eigenvalue weighted by Crippen LogP contribution is 2.10. The van der Waals surface area contributed by atoms with E-state index in [1.165, 1.54) is 26.7 Å². The van der Waals surface area contributed by atoms with Crippen LogP contribution in [-0.2, 0) is 21.4 Å². The second-order valence-corrected chi connectivity index (χ2v) is 4.52. The third-order valence-electron chi connectivity index (χ3n) is 1.83. The molecule has 0 radical (unpaired) electrons. The van der Waals surface area contributed by atoms with E-state index in [-0.39, 0.29) is 5.03 Å². The molecule has 0 saturated carbocycles. The maximum absolute atomic E-state index is 11.6. The molecule has 0 atom stereocenters. The van der Waals surface area contributed by atoms with E-state index in [2.05, 4.69) is 9.82 Å². The number of hydrogen-bond donors (Lipinski definition) is 0. The van der Waals surface area contributed by atoms with E-state index in [4.69, 9.17) is 0 Å². The number of sulfonamides is 1. The van der Waals surface area contributed by atoms with Crippen LogP contribution in [0.5, 0.6) is 0 Å². The van der Waals surface area contributed by atoms with Gasteiger partial charge in [-0.05, 0) is 6.92 Å². The lowest BCUT2D eigenvalue weighted by molar-refractivity contribution is -0.0260. The summed E-state index contributed by atoms with van der Waals surface area (Å²) in [5.74, 6) is 0. The van der Waals surface area contributed by atoms with Crippen molar-refractivity contribution >= 4 is 10.0 Å². The van der Waals surface area contributed by atoms with Crippen molar-refractivity contribution in [2.45, 2.75) is 18.5 Å². The predicted octanol–water partition coefficient (Wildman–Crippen LogP) is 0.0849. The van der Waals surface area contributed by atoms with Gasteiger partial charge >= 0.3 is 0 Å². The minimum atomic E-state index is -3.60. The Hall–Kier alpha value is -0.920. The van der Waals surface area contributed by atoms with E-state index in [1.807, 2.05) is 6.92 Å². The van der Waals surface area contributed by atoms with Crippen molar-refractivity contribution in [3.05, 3.63) is 12.5 Å². The van der Waals surface area contributed by atoms with Crippen molar-refractivity contribution in [1.82, 2.24) is 14.0 Å². The van der Waals surface area contributed by atoms with Crippen molar-refractivity contribution < 1.29 is 13.3 Å². The van der Waals surface area contributed by atoms with Gasteiger partial charge in [0.2, 0.25) is 0 Å². The Morgan fingerprint density at radius 3 is 2.71 bits per heavy atom. The number of imidazole rings is 1. The van der Waals surface area contributed by atoms with Gasteiger partial charge in [-0.15, -0.1) is 0 Å². The van der Waals surface area contributed by atoms with Gasteiger partial charge in [-0.1, -0.05) is 4.47 Å². The molecular formula is C7H13N3O3S. The summed E-state index contributed by atoms with van der Waals surface area (Å²) in [5.41, 5.74) is 0. The summed E-state index contributed by atoms with van der Waals surface area (Å²) in [6, 6.07) is 0. The molecule has 1 aromatic heterocycles. The van der Waals surface area contributed by atoms with Gasteiger partial charge in [0.05, 0.1) is 13.4 Å². The zero-order chi connectivity index (χ0) is 10.8. The maximum atomic E-state index is 11.6. The molecule has 6 nitrogen and oxygen atoms in total. The van der Waals surface area contributed by atoms with E-state index in [0.717, 1.165) is 4.47 Å². The first-order chi connectivity index (χ1) is 6.52. The van der Waals surface area contributed by atoms with Crippen molar-refractivity contribution in [1.29, 1.82) is 0 Å². The van der Waals surface area contributed by atoms with E-state index < -0.39 is 10.0 Å². The summed E-state index contributed by atoms with van der Waals surface area (Å²) >= 11 is 0. The van der Waals surface area contributed by atoms with Gasteiger partial charge in [-0.3, -0.25) is 4.84 Å². The zero-order valence-electron chi connectivity index (χ0n) is 8.34. The smallest absolute Gasteiger partial charge is 0.283 e. The first kappa shape index (κ1) is 11.2. The lowest BCUT2D eigenvalue weighted by Gasteiger charge is -2.11. The Morgan fingerprint density at radius 2 is 2.29 bits per heavy atom. The monoisotopic (exact) mass is 219 g/mol. The summed E-state index contributed by atoms with van der Waals surface area (Å²) in [6.07, 6.45) is 2.93. The maximum Gasteiger partial charge on any atom is 0.283 e. The fourth-order valence-corrected chi connectivity index (χ4v) is 1.78. The quantitative estimate of drug-likeness (QED) is 0.673. The minimum Gasteiger partial charge on any atom is -0.336 e. The second kappa shape index (κ2) is 4.07. The molecule has 0 spiro atoms. The van der Waals surface area contributed by atoms with Gasteiger partial charge in [-0.2, -0.15) is 0 Å². The van der Waals surface area contributed by atoms with Gasteiger partial charge in [0.15, 0.2) is 5.03 Å². The predicted molar refractivity (Wildman–Crippen MR) is 49.9 cm³/mol. The number of nitrogens with zero attached hydrogens (tertiary/aromatic N) is 3. The van der Waals surface area contributed by atoms with Crippen LogP contribution in [0.3, 0.4) is 0 Å². The molecule has 0 N–H and O–H groups in total. The third-order valence-corrected chi connectivity index (χ3v) is 3.40. The van der Waals surface area contributed by atoms with Gasteiger partial charge in [0, 0.05) is 19.8 Å². The molecule has 0 aliphatic carbocycles. The van der Waals surface area contributed by atoms with Crippen LogP contribution in [0.2, 0.25) is 0 Å². The van der Waals surface area contributed by atoms with E-state index in [0.29, 0.717) is 6.54 Å². The molecule has 0 aliphatic rings. The molecule has 14 heavy (non-hydrogen) atoms. The fraction of sp³-hybridized carbons (Fsp3) is 0.571. The van der Waals surface area contributed by atoms with Crippen LogP contribution in [0.15, 0.2) is 17.6 Å². The number of aromatic nitrogens is 2. The van der Waals surface area contributed by atoms with Crippen LogP contribution >= 0.6 is 0 Å². The molecule has 0 aliphatic heterocycles. The van der Waals surface area contributed by atoms with Crippen LogP contribution in [0.4, 0.5) is 0 Å². The van der Waals surface area contributed by atoms with Crippen LogP contribution in [0.25, 0.3) is 0 Å². The zero-order valence-corrected chi connectivity index (χ0v) is 9.15. The molecule has 0 unspecified atom stereocenters. The Bertz CT molecular complexity index is 398. The molecule has 1 rings (SSSR count). The van der Waals surface area contributed by atoms with Crippen LogP contribution in [-0.4, -0.2) is 36.6 Å². The molecule has 0 aromatic carbocycles. The molecule has 0 saturated heterocycles. The first-order valence-corrected chi connectivity index (χ1v) is 5.51. The molecule has 7 heteroatoms. The Kier molecular flexibility index (Phi) is 3.25. The van der Waals surface area contributed by atoms with Crippen LogP contribution < -0.4 is 0 Å². The molecule has 1 aromatic rings. The van der Waals surface area contributed by atoms with Gasteiger partial charge in [-0.25, -0.2) is 13.4 Å². The Balaban J connectivity index is 3.04. The Morgan fingerprint density at radius 1 is 1.64 bits per heavy atom. The number of rotatable bonds is 4. The van der Waals surface area contributed by atoms with E-state index in [9.17, 15) is 8.42 Å². The highest BCUT2D eigenvalue weighted by molar-refractivity contribution is 7.88. The largest absolute Gasteiger partial charge is 0.336 e. The lowest BCUT2D eigenvalue weighted by atomic mass is 10.7. The van der Waals surface area contributed by atoms with Gasteiger partial charge in [0.25, 0.3) is 10.0 Å². The first-order valence-electron chi connectivity index (χ1n) is 4.07. The second-order valence-electron chi connectivity index (χ2n) is 2.64. The molecule has 80 valence electrons. The van der Waals surface area contributed by atoms with E-state index >= 15 is 0 Å². The van der Waals surface area contributed by atoms with Gasteiger partial charge in [0.1, 0.15) is 0 Å². The van der Waals surface area contributed by atoms with Crippen LogP contribution in [0.1, 0.15) is 6.92 Å². The summed E-state index contributed by atoms with van der Waals surface area (Å²) in [7, 11) is -0.993. The highest BCUT2D eigenvalue weighted by Gasteiger charge is 2.23. The molecule has 0 bridgehead atoms. The summed E-state index contributed by atoms with van der Waals surface area (Å²) < 4.78 is 25.7. The minimum absolute atomic E-state index is 0.0105. The SMILES string of the molecule is CCn1cnc(S(=O)(=O)N(C)OC)c1. The topological polar surface area (TPSA) is 64.4 Å². The molecule has 1 heterocycles. The Labute approximate surface area is 83.1 Å². The van der Waals surface area contributed by atoms with E-state index in [1.54, 1.807) is 4.57 Å². The summed E-state index contributed by atoms with van der Waals surface area (Å²) in [5, 5.41) is -0.0105. The van der Waals surface area contributed by atoms with Crippen molar-refractivity contribution in [3.8, 4) is 0 Å². The lowest BCUT2D eigenvalue weighted by Crippen LogP contribution is -2.26. The molecule has 0 amide bonds. The molecule has 0 fully saturated rings. The van der Waals surface area contributed by atoms with Crippen LogP contribution in [0, 0.1) is 0 Å². The average molecular weight is 219 g/mol. The third kappa shape index (κ3) is 1.94. The highest BCUT2D eigenvalue weighted by atomic mass is 32.2.